The number of phenols is 2. The van der Waals surface area contributed by atoms with E-state index in [1.807, 2.05) is 6.92 Å². The first kappa shape index (κ1) is 52.6. The summed E-state index contributed by atoms with van der Waals surface area (Å²) in [5, 5.41) is 49.1. The zero-order valence-electron chi connectivity index (χ0n) is 42.0. The monoisotopic (exact) mass is 960 g/mol. The molecule has 0 saturated carbocycles. The highest BCUT2D eigenvalue weighted by atomic mass is 16.7. The summed E-state index contributed by atoms with van der Waals surface area (Å²) in [6.45, 7) is 19.2. The van der Waals surface area contributed by atoms with Gasteiger partial charge in [0.1, 0.15) is 59.2 Å². The van der Waals surface area contributed by atoms with Crippen molar-refractivity contribution in [3.05, 3.63) is 69.6 Å². The Morgan fingerprint density at radius 1 is 0.986 bits per heavy atom. The molecule has 0 radical (unpaired) electrons. The number of amides is 1. The number of aliphatic hydroxyl groups excluding tert-OH is 2. The van der Waals surface area contributed by atoms with Gasteiger partial charge in [0.15, 0.2) is 11.3 Å². The van der Waals surface area contributed by atoms with E-state index in [2.05, 4.69) is 33.3 Å². The highest BCUT2D eigenvalue weighted by Gasteiger charge is 2.43. The summed E-state index contributed by atoms with van der Waals surface area (Å²) >= 11 is 0. The van der Waals surface area contributed by atoms with Crippen LogP contribution in [0, 0.1) is 30.6 Å². The maximum atomic E-state index is 14.8. The molecular formula is C52H70N3O14+. The standard InChI is InChI=1S/C52H69N3O14/c1-26(2)55(11,12)18-20-64-21-22-65-34-23-36(57)41-38(24-34)68-50-42(53-41)39-35-25-52(10)66-19-17-37(63-13)29(5)48(67-33(9)56)31(7)45(59)30(6)44(58)27(3)15-14-16-28(4)51(62)54-43(50)47(61)40(39)46(60)32(8)49(35)69-52/h14-17,19,23-24,26-27,29-31,37,44-45,48,58-59H,18,20-22,25H2,1-13H3,(H2-,53,54,57,60,61,62)/p+1/b15-14+,19-17+,28-16-/t27-,29+,30+,31+,37-,44-,45+,48+,52-/m0/s1. The minimum atomic E-state index is -1.42. The molecule has 2 aromatic rings. The Kier molecular flexibility index (Phi) is 16.1. The van der Waals surface area contributed by atoms with Crippen molar-refractivity contribution in [3.63, 3.8) is 0 Å². The molecule has 3 aliphatic heterocycles. The number of aromatic nitrogens is 1. The van der Waals surface area contributed by atoms with Gasteiger partial charge in [0.2, 0.25) is 5.43 Å². The minimum absolute atomic E-state index is 0.0142. The van der Waals surface area contributed by atoms with E-state index in [-0.39, 0.29) is 87.0 Å². The zero-order valence-corrected chi connectivity index (χ0v) is 42.0. The number of esters is 1. The van der Waals surface area contributed by atoms with Crippen molar-refractivity contribution in [3.8, 4) is 34.5 Å². The van der Waals surface area contributed by atoms with Crippen LogP contribution in [-0.2, 0) is 35.0 Å². The molecule has 376 valence electrons. The van der Waals surface area contributed by atoms with Crippen molar-refractivity contribution >= 4 is 39.4 Å². The number of carbonyl (C=O) groups is 2. The van der Waals surface area contributed by atoms with E-state index < -0.39 is 76.9 Å². The highest BCUT2D eigenvalue weighted by molar-refractivity contribution is 6.12. The molecule has 17 nitrogen and oxygen atoms in total. The van der Waals surface area contributed by atoms with Crippen LogP contribution < -0.4 is 20.2 Å². The number of anilines is 1. The summed E-state index contributed by atoms with van der Waals surface area (Å²) < 4.78 is 43.5. The van der Waals surface area contributed by atoms with E-state index in [1.54, 1.807) is 52.8 Å². The number of allylic oxidation sites excluding steroid dienone is 2. The van der Waals surface area contributed by atoms with Crippen LogP contribution in [0.5, 0.6) is 23.0 Å². The number of rotatable bonds is 10. The number of fused-ring (bicyclic) bond motifs is 2. The quantitative estimate of drug-likeness (QED) is 0.0359. The number of likely N-dealkylation sites (N-methyl/N-ethyl adjacent to an activating group) is 1. The summed E-state index contributed by atoms with van der Waals surface area (Å²) in [5.74, 6) is -5.43. The summed E-state index contributed by atoms with van der Waals surface area (Å²) in [6, 6.07) is 3.34. The molecule has 69 heavy (non-hydrogen) atoms. The number of nitrogens with one attached hydrogen (secondary N) is 1. The number of methoxy groups -OCH3 is 1. The lowest BCUT2D eigenvalue weighted by molar-refractivity contribution is -0.911. The molecule has 0 spiro atoms. The minimum Gasteiger partial charge on any atom is -0.507 e. The lowest BCUT2D eigenvalue weighted by Crippen LogP contribution is -2.47. The third kappa shape index (κ3) is 11.0. The molecule has 17 heteroatoms. The lowest BCUT2D eigenvalue weighted by atomic mass is 9.78. The fourth-order valence-corrected chi connectivity index (χ4v) is 8.99. The molecule has 3 heterocycles. The number of hydrogen-bond donors (Lipinski definition) is 5. The Balaban J connectivity index is 1.49. The molecule has 1 aliphatic carbocycles. The van der Waals surface area contributed by atoms with Gasteiger partial charge in [0, 0.05) is 78.8 Å². The number of quaternary nitrogens is 1. The van der Waals surface area contributed by atoms with Gasteiger partial charge in [-0.3, -0.25) is 14.4 Å². The van der Waals surface area contributed by atoms with Gasteiger partial charge in [-0.15, -0.1) is 0 Å². The van der Waals surface area contributed by atoms with E-state index in [0.717, 1.165) is 11.0 Å². The second kappa shape index (κ2) is 21.1. The Morgan fingerprint density at radius 3 is 2.36 bits per heavy atom. The molecule has 4 aliphatic rings. The number of carbonyl (C=O) groups excluding carboxylic acids is 2. The van der Waals surface area contributed by atoms with E-state index in [9.17, 15) is 34.8 Å². The topological polar surface area (TPSA) is 226 Å². The maximum absolute atomic E-state index is 14.8. The number of nitrogens with zero attached hydrogens (tertiary/aromatic N) is 2. The molecule has 1 amide bonds. The van der Waals surface area contributed by atoms with Crippen molar-refractivity contribution in [2.24, 2.45) is 23.7 Å². The van der Waals surface area contributed by atoms with E-state index in [0.29, 0.717) is 18.2 Å². The number of phenolic OH excluding ortho intramolecular Hbond substituents is 2. The third-order valence-corrected chi connectivity index (χ3v) is 14.1. The number of aliphatic hydroxyl groups is 2. The first-order valence-electron chi connectivity index (χ1n) is 23.5. The number of hydrogen-bond acceptors (Lipinski definition) is 15. The second-order valence-corrected chi connectivity index (χ2v) is 19.7. The van der Waals surface area contributed by atoms with E-state index >= 15 is 0 Å². The summed E-state index contributed by atoms with van der Waals surface area (Å²) in [5.41, 5.74) is -0.143. The zero-order chi connectivity index (χ0) is 50.9. The smallest absolute Gasteiger partial charge is 0.302 e. The van der Waals surface area contributed by atoms with Crippen molar-refractivity contribution in [2.45, 2.75) is 112 Å². The van der Waals surface area contributed by atoms with Crippen LogP contribution in [0.1, 0.15) is 73.4 Å². The molecule has 4 bridgehead atoms. The first-order valence-corrected chi connectivity index (χ1v) is 23.5. The molecule has 9 atom stereocenters. The molecule has 0 unspecified atom stereocenters. The average Bonchev–Trinajstić information content (AvgIpc) is 3.65. The number of ether oxygens (including phenoxy) is 6. The van der Waals surface area contributed by atoms with Gasteiger partial charge in [-0.2, -0.15) is 0 Å². The van der Waals surface area contributed by atoms with Crippen LogP contribution in [0.2, 0.25) is 0 Å². The molecule has 0 aromatic heterocycles. The third-order valence-electron chi connectivity index (χ3n) is 14.1. The summed E-state index contributed by atoms with van der Waals surface area (Å²) in [7, 11) is 5.77. The van der Waals surface area contributed by atoms with E-state index in [4.69, 9.17) is 37.8 Å². The number of benzene rings is 3. The predicted molar refractivity (Wildman–Crippen MR) is 260 cm³/mol. The predicted octanol–water partition coefficient (Wildman–Crippen LogP) is 6.89. The molecule has 0 saturated heterocycles. The second-order valence-electron chi connectivity index (χ2n) is 19.7. The number of aromatic hydroxyl groups is 2. The van der Waals surface area contributed by atoms with Gasteiger partial charge in [-0.25, -0.2) is 4.98 Å². The maximum Gasteiger partial charge on any atom is 0.302 e. The highest BCUT2D eigenvalue weighted by Crippen LogP contribution is 2.51. The molecular weight excluding hydrogens is 891 g/mol. The molecule has 0 fully saturated rings. The molecule has 6 rings (SSSR count). The van der Waals surface area contributed by atoms with Gasteiger partial charge in [0.05, 0.1) is 69.7 Å². The Labute approximate surface area is 403 Å². The van der Waals surface area contributed by atoms with Crippen LogP contribution in [0.3, 0.4) is 0 Å². The van der Waals surface area contributed by atoms with E-state index in [1.165, 1.54) is 45.4 Å². The van der Waals surface area contributed by atoms with Crippen molar-refractivity contribution in [1.82, 2.24) is 4.98 Å². The Hall–Kier alpha value is -5.72. The Bertz CT molecular complexity index is 2670. The van der Waals surface area contributed by atoms with Gasteiger partial charge < -0.3 is 63.1 Å². The molecule has 5 N–H and O–H groups in total. The van der Waals surface area contributed by atoms with Gasteiger partial charge >= 0.3 is 5.97 Å². The van der Waals surface area contributed by atoms with Crippen LogP contribution in [0.15, 0.2) is 57.5 Å². The SMILES string of the molecule is CO[C@H]1/C=C/O[C@]2(C)Cc3c(c(C)c(O)c4c(=O)c(c5oc6cc(OCCOCC[N+](C)(C)C(C)C)cc(O)c6nc-5c34)NC(=O)/C(C)=C\C=C\[C@H](C)[C@H](O)[C@@H](C)[C@@H](O)[C@@H](C)[C@H](OC(C)=O)[C@@H]1C)O2. The van der Waals surface area contributed by atoms with Crippen molar-refractivity contribution in [1.29, 1.82) is 0 Å². The largest absolute Gasteiger partial charge is 0.507 e. The molecule has 2 aromatic carbocycles. The van der Waals surface area contributed by atoms with Crippen LogP contribution in [-0.4, -0.2) is 126 Å². The van der Waals surface area contributed by atoms with Crippen LogP contribution in [0.4, 0.5) is 5.69 Å². The van der Waals surface area contributed by atoms with Crippen molar-refractivity contribution in [2.75, 3.05) is 52.9 Å². The first-order chi connectivity index (χ1) is 32.4. The normalized spacial score (nSPS) is 27.8. The Morgan fingerprint density at radius 2 is 1.70 bits per heavy atom. The van der Waals surface area contributed by atoms with Crippen molar-refractivity contribution < 1.29 is 67.3 Å². The van der Waals surface area contributed by atoms with Gasteiger partial charge in [-0.05, 0) is 33.8 Å². The van der Waals surface area contributed by atoms with Crippen LogP contribution >= 0.6 is 0 Å². The van der Waals surface area contributed by atoms with Gasteiger partial charge in [-0.1, -0.05) is 45.9 Å². The van der Waals surface area contributed by atoms with Crippen LogP contribution in [0.25, 0.3) is 33.3 Å². The van der Waals surface area contributed by atoms with Gasteiger partial charge in [0.25, 0.3) is 11.7 Å². The lowest BCUT2D eigenvalue weighted by Gasteiger charge is -2.38. The fourth-order valence-electron chi connectivity index (χ4n) is 8.99. The summed E-state index contributed by atoms with van der Waals surface area (Å²) in [4.78, 5) is 46.1. The fraction of sp³-hybridized carbons (Fsp3) is 0.538. The average molecular weight is 961 g/mol. The summed E-state index contributed by atoms with van der Waals surface area (Å²) in [6.07, 6.45) is 4.12.